The average molecular weight is 470 g/mol. The first-order valence-electron chi connectivity index (χ1n) is 9.77. The second-order valence-corrected chi connectivity index (χ2v) is 8.32. The monoisotopic (exact) mass is 470 g/mol. The predicted octanol–water partition coefficient (Wildman–Crippen LogP) is 6.63. The molecular formula is C23H17F3N4O2S. The summed E-state index contributed by atoms with van der Waals surface area (Å²) >= 11 is 0.889. The Morgan fingerprint density at radius 2 is 1.67 bits per heavy atom. The highest BCUT2D eigenvalue weighted by atomic mass is 32.2. The van der Waals surface area contributed by atoms with Crippen molar-refractivity contribution in [1.29, 1.82) is 0 Å². The van der Waals surface area contributed by atoms with Crippen LogP contribution in [0.5, 0.6) is 0 Å². The Labute approximate surface area is 191 Å². The van der Waals surface area contributed by atoms with Gasteiger partial charge in [-0.3, -0.25) is 14.7 Å². The van der Waals surface area contributed by atoms with E-state index in [0.717, 1.165) is 46.3 Å². The summed E-state index contributed by atoms with van der Waals surface area (Å²) in [5.41, 5.74) is 1.89. The molecule has 6 nitrogen and oxygen atoms in total. The molecule has 0 bridgehead atoms. The van der Waals surface area contributed by atoms with Gasteiger partial charge in [0.05, 0.1) is 21.1 Å². The third-order valence-corrected chi connectivity index (χ3v) is 6.11. The minimum atomic E-state index is -4.69. The number of alkyl halides is 3. The zero-order valence-electron chi connectivity index (χ0n) is 17.5. The molecule has 0 aliphatic carbocycles. The van der Waals surface area contributed by atoms with E-state index in [9.17, 15) is 23.3 Å². The number of benzene rings is 3. The van der Waals surface area contributed by atoms with Crippen LogP contribution in [0, 0.1) is 24.0 Å². The summed E-state index contributed by atoms with van der Waals surface area (Å²) in [6, 6.07) is 17.5. The van der Waals surface area contributed by atoms with Crippen molar-refractivity contribution in [2.45, 2.75) is 30.1 Å². The number of halogens is 3. The molecule has 0 amide bonds. The number of hydrogen-bond donors (Lipinski definition) is 0. The molecule has 33 heavy (non-hydrogen) atoms. The Bertz CT molecular complexity index is 1340. The second-order valence-electron chi connectivity index (χ2n) is 7.32. The van der Waals surface area contributed by atoms with Gasteiger partial charge in [0, 0.05) is 11.6 Å². The van der Waals surface area contributed by atoms with E-state index >= 15 is 0 Å². The van der Waals surface area contributed by atoms with Crippen LogP contribution in [0.25, 0.3) is 17.1 Å². The lowest BCUT2D eigenvalue weighted by Gasteiger charge is -2.13. The number of nitro groups is 1. The van der Waals surface area contributed by atoms with Gasteiger partial charge in [-0.2, -0.15) is 13.2 Å². The van der Waals surface area contributed by atoms with Crippen molar-refractivity contribution in [3.05, 3.63) is 93.5 Å². The van der Waals surface area contributed by atoms with E-state index < -0.39 is 22.4 Å². The van der Waals surface area contributed by atoms with Gasteiger partial charge in [-0.25, -0.2) is 0 Å². The molecule has 0 radical (unpaired) electrons. The van der Waals surface area contributed by atoms with Crippen LogP contribution in [-0.2, 0) is 6.18 Å². The van der Waals surface area contributed by atoms with E-state index in [1.54, 1.807) is 4.57 Å². The van der Waals surface area contributed by atoms with Crippen LogP contribution in [-0.4, -0.2) is 19.7 Å². The van der Waals surface area contributed by atoms with Crippen molar-refractivity contribution in [3.8, 4) is 17.1 Å². The molecule has 1 heterocycles. The smallest absolute Gasteiger partial charge is 0.270 e. The SMILES string of the molecule is Cc1ccc(-n2c(Sc3ccc(C(F)(F)F)cc3[N+](=O)[O-])nnc2-c2ccccc2)cc1C. The Balaban J connectivity index is 1.86. The van der Waals surface area contributed by atoms with Crippen molar-refractivity contribution < 1.29 is 18.1 Å². The molecule has 4 rings (SSSR count). The molecule has 0 fully saturated rings. The molecule has 3 aromatic carbocycles. The van der Waals surface area contributed by atoms with Gasteiger partial charge in [0.15, 0.2) is 5.82 Å². The number of nitro benzene ring substituents is 1. The van der Waals surface area contributed by atoms with Crippen LogP contribution in [0.3, 0.4) is 0 Å². The molecule has 168 valence electrons. The van der Waals surface area contributed by atoms with Crippen molar-refractivity contribution in [2.75, 3.05) is 0 Å². The normalized spacial score (nSPS) is 11.5. The van der Waals surface area contributed by atoms with Crippen LogP contribution in [0.2, 0.25) is 0 Å². The minimum absolute atomic E-state index is 0.0325. The van der Waals surface area contributed by atoms with Crippen LogP contribution in [0.1, 0.15) is 16.7 Å². The van der Waals surface area contributed by atoms with Crippen molar-refractivity contribution in [1.82, 2.24) is 14.8 Å². The maximum atomic E-state index is 13.1. The number of aryl methyl sites for hydroxylation is 2. The van der Waals surface area contributed by atoms with Crippen LogP contribution in [0.4, 0.5) is 18.9 Å². The molecule has 0 N–H and O–H groups in total. The first-order chi connectivity index (χ1) is 15.6. The topological polar surface area (TPSA) is 73.8 Å². The highest BCUT2D eigenvalue weighted by Crippen LogP contribution is 2.40. The highest BCUT2D eigenvalue weighted by Gasteiger charge is 2.33. The zero-order valence-corrected chi connectivity index (χ0v) is 18.3. The maximum absolute atomic E-state index is 13.1. The summed E-state index contributed by atoms with van der Waals surface area (Å²) < 4.78 is 41.0. The Morgan fingerprint density at radius 3 is 2.30 bits per heavy atom. The van der Waals surface area contributed by atoms with E-state index in [1.807, 2.05) is 62.4 Å². The quantitative estimate of drug-likeness (QED) is 0.242. The van der Waals surface area contributed by atoms with Gasteiger partial charge in [0.2, 0.25) is 5.16 Å². The molecule has 0 saturated carbocycles. The van der Waals surface area contributed by atoms with Crippen LogP contribution >= 0.6 is 11.8 Å². The van der Waals surface area contributed by atoms with Crippen molar-refractivity contribution in [2.24, 2.45) is 0 Å². The third-order valence-electron chi connectivity index (χ3n) is 5.10. The first kappa shape index (κ1) is 22.5. The summed E-state index contributed by atoms with van der Waals surface area (Å²) in [6.45, 7) is 3.93. The summed E-state index contributed by atoms with van der Waals surface area (Å²) in [6.07, 6.45) is -4.69. The molecule has 0 aliphatic heterocycles. The fourth-order valence-electron chi connectivity index (χ4n) is 3.23. The summed E-state index contributed by atoms with van der Waals surface area (Å²) in [5, 5.41) is 20.3. The Kier molecular flexibility index (Phi) is 5.94. The van der Waals surface area contributed by atoms with Gasteiger partial charge >= 0.3 is 6.18 Å². The largest absolute Gasteiger partial charge is 0.416 e. The second kappa shape index (κ2) is 8.70. The van der Waals surface area contributed by atoms with E-state index in [2.05, 4.69) is 10.2 Å². The predicted molar refractivity (Wildman–Crippen MR) is 118 cm³/mol. The van der Waals surface area contributed by atoms with Gasteiger partial charge < -0.3 is 0 Å². The summed E-state index contributed by atoms with van der Waals surface area (Å²) in [5.74, 6) is 0.510. The number of nitrogens with zero attached hydrogens (tertiary/aromatic N) is 4. The number of hydrogen-bond acceptors (Lipinski definition) is 5. The number of aromatic nitrogens is 3. The summed E-state index contributed by atoms with van der Waals surface area (Å²) in [7, 11) is 0. The standard InChI is InChI=1S/C23H17F3N4O2S/c1-14-8-10-18(12-15(14)2)29-21(16-6-4-3-5-7-16)27-28-22(29)33-20-11-9-17(23(24,25)26)13-19(20)30(31)32/h3-13H,1-2H3. The minimum Gasteiger partial charge on any atom is -0.270 e. The fraction of sp³-hybridized carbons (Fsp3) is 0.130. The lowest BCUT2D eigenvalue weighted by molar-refractivity contribution is -0.388. The third kappa shape index (κ3) is 4.61. The Hall–Kier alpha value is -3.66. The highest BCUT2D eigenvalue weighted by molar-refractivity contribution is 7.99. The molecular weight excluding hydrogens is 453 g/mol. The van der Waals surface area contributed by atoms with Gasteiger partial charge in [-0.05, 0) is 61.0 Å². The zero-order chi connectivity index (χ0) is 23.8. The lowest BCUT2D eigenvalue weighted by Crippen LogP contribution is -2.06. The molecule has 10 heteroatoms. The fourth-order valence-corrected chi connectivity index (χ4v) is 4.16. The van der Waals surface area contributed by atoms with Crippen LogP contribution < -0.4 is 0 Å². The van der Waals surface area contributed by atoms with Crippen molar-refractivity contribution >= 4 is 17.4 Å². The molecule has 0 atom stereocenters. The lowest BCUT2D eigenvalue weighted by atomic mass is 10.1. The average Bonchev–Trinajstić information content (AvgIpc) is 3.19. The molecule has 4 aromatic rings. The van der Waals surface area contributed by atoms with Gasteiger partial charge in [0.25, 0.3) is 5.69 Å². The van der Waals surface area contributed by atoms with E-state index in [1.165, 1.54) is 0 Å². The van der Waals surface area contributed by atoms with Gasteiger partial charge in [0.1, 0.15) is 0 Å². The summed E-state index contributed by atoms with van der Waals surface area (Å²) in [4.78, 5) is 10.7. The number of rotatable bonds is 5. The van der Waals surface area contributed by atoms with Gasteiger partial charge in [-0.1, -0.05) is 36.4 Å². The molecule has 0 saturated heterocycles. The molecule has 1 aromatic heterocycles. The van der Waals surface area contributed by atoms with E-state index in [-0.39, 0.29) is 4.90 Å². The Morgan fingerprint density at radius 1 is 0.939 bits per heavy atom. The molecule has 0 spiro atoms. The van der Waals surface area contributed by atoms with Gasteiger partial charge in [-0.15, -0.1) is 10.2 Å². The maximum Gasteiger partial charge on any atom is 0.416 e. The van der Waals surface area contributed by atoms with Crippen LogP contribution in [0.15, 0.2) is 76.8 Å². The van der Waals surface area contributed by atoms with E-state index in [4.69, 9.17) is 0 Å². The van der Waals surface area contributed by atoms with E-state index in [0.29, 0.717) is 17.0 Å². The first-order valence-corrected chi connectivity index (χ1v) is 10.6. The molecule has 0 unspecified atom stereocenters. The molecule has 0 aliphatic rings. The van der Waals surface area contributed by atoms with Crippen molar-refractivity contribution in [3.63, 3.8) is 0 Å².